The minimum atomic E-state index is 0.200. The molecule has 1 aromatic rings. The van der Waals surface area contributed by atoms with Crippen LogP contribution >= 0.6 is 27.5 Å². The normalized spacial score (nSPS) is 24.5. The van der Waals surface area contributed by atoms with Crippen LogP contribution in [0.4, 0.5) is 11.4 Å². The second-order valence-electron chi connectivity index (χ2n) is 6.37. The smallest absolute Gasteiger partial charge is 0.112 e. The van der Waals surface area contributed by atoms with Gasteiger partial charge in [0.15, 0.2) is 0 Å². The van der Waals surface area contributed by atoms with Crippen LogP contribution in [0.3, 0.4) is 0 Å². The number of nitrogens with zero attached hydrogens (tertiary/aromatic N) is 2. The summed E-state index contributed by atoms with van der Waals surface area (Å²) in [5.74, 6) is 1.42. The number of fused-ring (bicyclic) bond motifs is 3. The summed E-state index contributed by atoms with van der Waals surface area (Å²) in [5, 5.41) is 7.80. The molecule has 2 N–H and O–H groups in total. The molecule has 1 aromatic carbocycles. The monoisotopic (exact) mass is 436 g/mol. The topological polar surface area (TPSA) is 39.7 Å². The molecule has 0 radical (unpaired) electrons. The second-order valence-corrected chi connectivity index (χ2v) is 7.72. The first-order valence-corrected chi connectivity index (χ1v) is 10.5. The lowest BCUT2D eigenvalue weighted by atomic mass is 9.96. The van der Waals surface area contributed by atoms with E-state index in [0.717, 1.165) is 59.3 Å². The molecule has 2 bridgehead atoms. The number of allylic oxidation sites excluding steroid dienone is 2. The van der Waals surface area contributed by atoms with E-state index in [2.05, 4.69) is 55.7 Å². The van der Waals surface area contributed by atoms with Crippen LogP contribution in [0.2, 0.25) is 0 Å². The first-order chi connectivity index (χ1) is 12.7. The Bertz CT molecular complexity index is 723. The van der Waals surface area contributed by atoms with E-state index < -0.39 is 0 Å². The summed E-state index contributed by atoms with van der Waals surface area (Å²) >= 11 is 9.91. The Balaban J connectivity index is 0.000000948. The van der Waals surface area contributed by atoms with E-state index in [0.29, 0.717) is 0 Å². The Hall–Kier alpha value is -1.30. The van der Waals surface area contributed by atoms with Crippen molar-refractivity contribution >= 4 is 44.7 Å². The highest BCUT2D eigenvalue weighted by Gasteiger charge is 2.28. The van der Waals surface area contributed by atoms with Gasteiger partial charge < -0.3 is 15.5 Å². The van der Waals surface area contributed by atoms with Gasteiger partial charge in [0.2, 0.25) is 0 Å². The van der Waals surface area contributed by atoms with Crippen LogP contribution in [0.25, 0.3) is 0 Å². The van der Waals surface area contributed by atoms with E-state index in [-0.39, 0.29) is 12.0 Å². The third-order valence-electron chi connectivity index (χ3n) is 4.66. The Morgan fingerprint density at radius 2 is 2.00 bits per heavy atom. The van der Waals surface area contributed by atoms with Crippen molar-refractivity contribution in [1.82, 2.24) is 10.2 Å². The molecule has 2 aliphatic heterocycles. The molecular weight excluding hydrogens is 412 g/mol. The van der Waals surface area contributed by atoms with E-state index in [1.807, 2.05) is 26.0 Å². The lowest BCUT2D eigenvalue weighted by molar-refractivity contribution is 0.343. The SMILES string of the molecule is CC.ClC1=CC2CC(C=C1)C(N1CCNCC1)=Nc1cc(Br)ccc1N2. The highest BCUT2D eigenvalue weighted by Crippen LogP contribution is 2.35. The molecule has 1 aliphatic carbocycles. The number of aliphatic imine (C=N–C) groups is 1. The van der Waals surface area contributed by atoms with E-state index in [1.165, 1.54) is 0 Å². The summed E-state index contributed by atoms with van der Waals surface area (Å²) < 4.78 is 1.04. The van der Waals surface area contributed by atoms with Crippen molar-refractivity contribution in [2.45, 2.75) is 26.3 Å². The molecule has 6 heteroatoms. The maximum absolute atomic E-state index is 6.34. The van der Waals surface area contributed by atoms with Crippen molar-refractivity contribution in [3.63, 3.8) is 0 Å². The Morgan fingerprint density at radius 1 is 1.23 bits per heavy atom. The van der Waals surface area contributed by atoms with E-state index in [4.69, 9.17) is 16.6 Å². The third kappa shape index (κ3) is 4.51. The van der Waals surface area contributed by atoms with Crippen LogP contribution in [0.15, 0.2) is 50.9 Å². The quantitative estimate of drug-likeness (QED) is 0.606. The summed E-state index contributed by atoms with van der Waals surface area (Å²) in [7, 11) is 0. The van der Waals surface area contributed by atoms with Crippen molar-refractivity contribution in [1.29, 1.82) is 0 Å². The molecule has 1 saturated heterocycles. The minimum Gasteiger partial charge on any atom is -0.377 e. The first-order valence-electron chi connectivity index (χ1n) is 9.35. The molecule has 0 amide bonds. The van der Waals surface area contributed by atoms with E-state index in [9.17, 15) is 0 Å². The number of piperazine rings is 1. The number of hydrogen-bond donors (Lipinski definition) is 2. The predicted molar refractivity (Wildman–Crippen MR) is 116 cm³/mol. The molecule has 1 fully saturated rings. The fourth-order valence-electron chi connectivity index (χ4n) is 3.49. The predicted octanol–water partition coefficient (Wildman–Crippen LogP) is 4.90. The summed E-state index contributed by atoms with van der Waals surface area (Å²) in [6.45, 7) is 7.99. The van der Waals surface area contributed by atoms with Crippen LogP contribution in [0.5, 0.6) is 0 Å². The Morgan fingerprint density at radius 3 is 2.77 bits per heavy atom. The van der Waals surface area contributed by atoms with Gasteiger partial charge in [-0.3, -0.25) is 0 Å². The highest BCUT2D eigenvalue weighted by molar-refractivity contribution is 9.10. The van der Waals surface area contributed by atoms with Crippen molar-refractivity contribution in [3.8, 4) is 0 Å². The summed E-state index contributed by atoms with van der Waals surface area (Å²) in [5.41, 5.74) is 2.03. The van der Waals surface area contributed by atoms with Gasteiger partial charge in [0, 0.05) is 47.6 Å². The van der Waals surface area contributed by atoms with Gasteiger partial charge in [-0.15, -0.1) is 0 Å². The van der Waals surface area contributed by atoms with Gasteiger partial charge in [-0.1, -0.05) is 47.5 Å². The molecule has 2 unspecified atom stereocenters. The fourth-order valence-corrected chi connectivity index (χ4v) is 4.07. The zero-order valence-corrected chi connectivity index (χ0v) is 17.6. The third-order valence-corrected chi connectivity index (χ3v) is 5.41. The number of nitrogens with one attached hydrogen (secondary N) is 2. The molecular formula is C20H26BrClN4. The maximum atomic E-state index is 6.34. The lowest BCUT2D eigenvalue weighted by Crippen LogP contribution is -2.49. The van der Waals surface area contributed by atoms with Gasteiger partial charge in [0.25, 0.3) is 0 Å². The number of rotatable bonds is 0. The fraction of sp³-hybridized carbons (Fsp3) is 0.450. The average molecular weight is 438 g/mol. The van der Waals surface area contributed by atoms with E-state index in [1.54, 1.807) is 0 Å². The Labute approximate surface area is 169 Å². The molecule has 140 valence electrons. The summed E-state index contributed by atoms with van der Waals surface area (Å²) in [4.78, 5) is 7.49. The van der Waals surface area contributed by atoms with Crippen molar-refractivity contribution < 1.29 is 0 Å². The van der Waals surface area contributed by atoms with Crippen molar-refractivity contribution in [2.24, 2.45) is 10.9 Å². The molecule has 26 heavy (non-hydrogen) atoms. The maximum Gasteiger partial charge on any atom is 0.112 e. The van der Waals surface area contributed by atoms with Crippen LogP contribution < -0.4 is 10.6 Å². The van der Waals surface area contributed by atoms with Gasteiger partial charge >= 0.3 is 0 Å². The molecule has 3 aliphatic rings. The van der Waals surface area contributed by atoms with Crippen LogP contribution in [0, 0.1) is 5.92 Å². The van der Waals surface area contributed by atoms with Gasteiger partial charge in [-0.2, -0.15) is 0 Å². The van der Waals surface area contributed by atoms with Gasteiger partial charge in [0.1, 0.15) is 5.84 Å². The molecule has 0 spiro atoms. The molecule has 4 rings (SSSR count). The average Bonchev–Trinajstić information content (AvgIpc) is 2.85. The van der Waals surface area contributed by atoms with Gasteiger partial charge in [-0.25, -0.2) is 4.99 Å². The highest BCUT2D eigenvalue weighted by atomic mass is 79.9. The molecule has 4 nitrogen and oxygen atoms in total. The van der Waals surface area contributed by atoms with Gasteiger partial charge in [-0.05, 0) is 36.8 Å². The Kier molecular flexibility index (Phi) is 6.79. The largest absolute Gasteiger partial charge is 0.377 e. The van der Waals surface area contributed by atoms with Crippen molar-refractivity contribution in [3.05, 3.63) is 45.9 Å². The first kappa shape index (κ1) is 19.5. The number of hydrogen-bond acceptors (Lipinski definition) is 4. The molecule has 0 aromatic heterocycles. The summed E-state index contributed by atoms with van der Waals surface area (Å²) in [6.07, 6.45) is 7.28. The number of halogens is 2. The van der Waals surface area contributed by atoms with Crippen molar-refractivity contribution in [2.75, 3.05) is 31.5 Å². The van der Waals surface area contributed by atoms with Crippen LogP contribution in [-0.4, -0.2) is 43.0 Å². The minimum absolute atomic E-state index is 0.200. The number of benzene rings is 1. The molecule has 2 atom stereocenters. The van der Waals surface area contributed by atoms with E-state index >= 15 is 0 Å². The second kappa shape index (κ2) is 9.07. The van der Waals surface area contributed by atoms with Crippen LogP contribution in [-0.2, 0) is 0 Å². The lowest BCUT2D eigenvalue weighted by Gasteiger charge is -2.35. The number of amidine groups is 1. The summed E-state index contributed by atoms with van der Waals surface area (Å²) in [6, 6.07) is 6.41. The standard InChI is InChI=1S/C18H20BrClN4.C2H6/c19-13-2-4-16-17(10-13)23-18(24-7-5-21-6-8-24)12-1-3-14(20)11-15(9-12)22-16;1-2/h1-4,10-12,15,21-22H,5-9H2;1-2H3. The number of anilines is 1. The zero-order chi connectivity index (χ0) is 18.5. The van der Waals surface area contributed by atoms with Crippen LogP contribution in [0.1, 0.15) is 20.3 Å². The molecule has 2 heterocycles. The molecule has 0 saturated carbocycles. The van der Waals surface area contributed by atoms with Gasteiger partial charge in [0.05, 0.1) is 11.4 Å². The zero-order valence-electron chi connectivity index (χ0n) is 15.3.